The van der Waals surface area contributed by atoms with Gasteiger partial charge in [0.1, 0.15) is 17.2 Å². The zero-order chi connectivity index (χ0) is 13.8. The number of hydrogen-bond donors (Lipinski definition) is 1. The van der Waals surface area contributed by atoms with Crippen molar-refractivity contribution in [3.8, 4) is 0 Å². The van der Waals surface area contributed by atoms with E-state index in [0.717, 1.165) is 5.56 Å². The van der Waals surface area contributed by atoms with Gasteiger partial charge in [-0.2, -0.15) is 0 Å². The Labute approximate surface area is 109 Å². The van der Waals surface area contributed by atoms with Gasteiger partial charge < -0.3 is 9.84 Å². The molecule has 19 heavy (non-hydrogen) atoms. The summed E-state index contributed by atoms with van der Waals surface area (Å²) < 4.78 is 17.6. The maximum absolute atomic E-state index is 12.7. The lowest BCUT2D eigenvalue weighted by Crippen LogP contribution is -2.08. The van der Waals surface area contributed by atoms with Gasteiger partial charge in [0.05, 0.1) is 0 Å². The highest BCUT2D eigenvalue weighted by molar-refractivity contribution is 6.02. The lowest BCUT2D eigenvalue weighted by molar-refractivity contribution is -0.111. The molecule has 1 N–H and O–H groups in total. The molecular weight excluding hydrogens is 247 g/mol. The Morgan fingerprint density at radius 2 is 2.00 bits per heavy atom. The second-order valence-corrected chi connectivity index (χ2v) is 4.07. The molecule has 1 aromatic heterocycles. The van der Waals surface area contributed by atoms with Gasteiger partial charge in [0.15, 0.2) is 5.76 Å². The summed E-state index contributed by atoms with van der Waals surface area (Å²) >= 11 is 0. The van der Waals surface area contributed by atoms with E-state index < -0.39 is 0 Å². The number of carbonyl (C=O) groups excluding carboxylic acids is 1. The minimum atomic E-state index is -0.308. The molecule has 0 fully saturated rings. The molecule has 2 rings (SSSR count). The predicted octanol–water partition coefficient (Wildman–Crippen LogP) is 3.08. The third-order valence-electron chi connectivity index (χ3n) is 2.58. The van der Waals surface area contributed by atoms with Crippen LogP contribution in [0.4, 0.5) is 10.1 Å². The van der Waals surface area contributed by atoms with Crippen molar-refractivity contribution in [2.24, 2.45) is 0 Å². The first-order chi connectivity index (χ1) is 9.06. The van der Waals surface area contributed by atoms with Crippen LogP contribution in [-0.4, -0.2) is 11.1 Å². The second-order valence-electron chi connectivity index (χ2n) is 4.07. The first-order valence-corrected chi connectivity index (χ1v) is 5.74. The number of amides is 1. The summed E-state index contributed by atoms with van der Waals surface area (Å²) in [6.07, 6.45) is 2.98. The Hall–Kier alpha value is -2.43. The second kappa shape index (κ2) is 5.48. The Balaban J connectivity index is 2.04. The van der Waals surface area contributed by atoms with E-state index in [2.05, 4.69) is 10.5 Å². The minimum Gasteiger partial charge on any atom is -0.359 e. The molecule has 0 aliphatic heterocycles. The highest BCUT2D eigenvalue weighted by atomic mass is 19.1. The maximum Gasteiger partial charge on any atom is 0.248 e. The van der Waals surface area contributed by atoms with Crippen molar-refractivity contribution in [1.29, 1.82) is 0 Å². The van der Waals surface area contributed by atoms with Crippen LogP contribution < -0.4 is 5.32 Å². The quantitative estimate of drug-likeness (QED) is 0.863. The number of nitrogens with one attached hydrogen (secondary N) is 1. The van der Waals surface area contributed by atoms with E-state index in [9.17, 15) is 9.18 Å². The van der Waals surface area contributed by atoms with E-state index >= 15 is 0 Å². The lowest BCUT2D eigenvalue weighted by Gasteiger charge is -1.99. The molecule has 0 saturated heterocycles. The van der Waals surface area contributed by atoms with Gasteiger partial charge in [-0.3, -0.25) is 4.79 Å². The van der Waals surface area contributed by atoms with E-state index in [4.69, 9.17) is 4.52 Å². The van der Waals surface area contributed by atoms with E-state index in [-0.39, 0.29) is 11.7 Å². The van der Waals surface area contributed by atoms with Crippen molar-refractivity contribution in [3.05, 3.63) is 53.2 Å². The van der Waals surface area contributed by atoms with Crippen molar-refractivity contribution in [2.45, 2.75) is 13.8 Å². The van der Waals surface area contributed by atoms with Gasteiger partial charge in [-0.15, -0.1) is 0 Å². The molecule has 0 bridgehead atoms. The van der Waals surface area contributed by atoms with Crippen LogP contribution in [0.25, 0.3) is 6.08 Å². The number of anilines is 1. The molecule has 1 heterocycles. The average molecular weight is 260 g/mol. The number of halogens is 1. The average Bonchev–Trinajstić information content (AvgIpc) is 2.70. The maximum atomic E-state index is 12.7. The summed E-state index contributed by atoms with van der Waals surface area (Å²) in [4.78, 5) is 11.7. The fraction of sp³-hybridized carbons (Fsp3) is 0.143. The zero-order valence-corrected chi connectivity index (χ0v) is 10.6. The largest absolute Gasteiger partial charge is 0.359 e. The third-order valence-corrected chi connectivity index (χ3v) is 2.58. The molecular formula is C14H13FN2O2. The van der Waals surface area contributed by atoms with Crippen LogP contribution in [0, 0.1) is 19.7 Å². The van der Waals surface area contributed by atoms with E-state index in [1.807, 2.05) is 0 Å². The van der Waals surface area contributed by atoms with Crippen LogP contribution in [0.5, 0.6) is 0 Å². The fourth-order valence-electron chi connectivity index (χ4n) is 1.57. The number of hydrogen-bond acceptors (Lipinski definition) is 3. The van der Waals surface area contributed by atoms with Crippen LogP contribution in [0.15, 0.2) is 34.9 Å². The topological polar surface area (TPSA) is 55.1 Å². The van der Waals surface area contributed by atoms with E-state index in [1.165, 1.54) is 18.2 Å². The number of aromatic nitrogens is 1. The monoisotopic (exact) mass is 260 g/mol. The predicted molar refractivity (Wildman–Crippen MR) is 70.0 cm³/mol. The Morgan fingerprint density at radius 1 is 1.32 bits per heavy atom. The number of rotatable bonds is 3. The van der Waals surface area contributed by atoms with E-state index in [1.54, 1.807) is 32.1 Å². The van der Waals surface area contributed by atoms with Gasteiger partial charge >= 0.3 is 0 Å². The molecule has 0 unspecified atom stereocenters. The zero-order valence-electron chi connectivity index (χ0n) is 10.6. The van der Waals surface area contributed by atoms with Gasteiger partial charge in [0.2, 0.25) is 5.91 Å². The summed E-state index contributed by atoms with van der Waals surface area (Å²) in [5.74, 6) is -0.0444. The van der Waals surface area contributed by atoms with Crippen molar-refractivity contribution in [2.75, 3.05) is 5.32 Å². The van der Waals surface area contributed by atoms with Crippen molar-refractivity contribution < 1.29 is 13.7 Å². The minimum absolute atomic E-state index is 0.293. The summed E-state index contributed by atoms with van der Waals surface area (Å²) in [7, 11) is 0. The molecule has 98 valence electrons. The SMILES string of the molecule is Cc1noc(C)c1NC(=O)/C=C/c1ccc(F)cc1. The lowest BCUT2D eigenvalue weighted by atomic mass is 10.2. The first kappa shape index (κ1) is 13.0. The Kier molecular flexibility index (Phi) is 3.75. The molecule has 1 aromatic carbocycles. The molecule has 2 aromatic rings. The normalized spacial score (nSPS) is 10.9. The summed E-state index contributed by atoms with van der Waals surface area (Å²) in [6, 6.07) is 5.86. The molecule has 5 heteroatoms. The van der Waals surface area contributed by atoms with Crippen molar-refractivity contribution in [3.63, 3.8) is 0 Å². The number of nitrogens with zero attached hydrogens (tertiary/aromatic N) is 1. The van der Waals surface area contributed by atoms with Gasteiger partial charge in [-0.05, 0) is 37.6 Å². The van der Waals surface area contributed by atoms with Crippen molar-refractivity contribution in [1.82, 2.24) is 5.16 Å². The fourth-order valence-corrected chi connectivity index (χ4v) is 1.57. The van der Waals surface area contributed by atoms with Crippen LogP contribution >= 0.6 is 0 Å². The van der Waals surface area contributed by atoms with E-state index in [0.29, 0.717) is 17.1 Å². The molecule has 0 saturated carbocycles. The molecule has 4 nitrogen and oxygen atoms in total. The molecule has 0 aliphatic rings. The third kappa shape index (κ3) is 3.28. The molecule has 0 spiro atoms. The number of benzene rings is 1. The molecule has 0 radical (unpaired) electrons. The van der Waals surface area contributed by atoms with Gasteiger partial charge in [-0.25, -0.2) is 4.39 Å². The van der Waals surface area contributed by atoms with Crippen LogP contribution in [0.2, 0.25) is 0 Å². The smallest absolute Gasteiger partial charge is 0.248 e. The number of carbonyl (C=O) groups is 1. The standard InChI is InChI=1S/C14H13FN2O2/c1-9-14(10(2)19-17-9)16-13(18)8-5-11-3-6-12(15)7-4-11/h3-8H,1-2H3,(H,16,18)/b8-5+. The highest BCUT2D eigenvalue weighted by Gasteiger charge is 2.10. The molecule has 1 amide bonds. The molecule has 0 aliphatic carbocycles. The van der Waals surface area contributed by atoms with Crippen LogP contribution in [-0.2, 0) is 4.79 Å². The van der Waals surface area contributed by atoms with Crippen molar-refractivity contribution >= 4 is 17.7 Å². The first-order valence-electron chi connectivity index (χ1n) is 5.74. The summed E-state index contributed by atoms with van der Waals surface area (Å²) in [6.45, 7) is 3.47. The highest BCUT2D eigenvalue weighted by Crippen LogP contribution is 2.18. The van der Waals surface area contributed by atoms with Crippen LogP contribution in [0.1, 0.15) is 17.0 Å². The van der Waals surface area contributed by atoms with Crippen LogP contribution in [0.3, 0.4) is 0 Å². The molecule has 0 atom stereocenters. The van der Waals surface area contributed by atoms with Gasteiger partial charge in [0, 0.05) is 6.08 Å². The van der Waals surface area contributed by atoms with Gasteiger partial charge in [-0.1, -0.05) is 17.3 Å². The Morgan fingerprint density at radius 3 is 2.58 bits per heavy atom. The van der Waals surface area contributed by atoms with Gasteiger partial charge in [0.25, 0.3) is 0 Å². The number of aryl methyl sites for hydroxylation is 2. The summed E-state index contributed by atoms with van der Waals surface area (Å²) in [5, 5.41) is 6.43. The summed E-state index contributed by atoms with van der Waals surface area (Å²) in [5.41, 5.74) is 1.95. The Bertz CT molecular complexity index is 595.